The summed E-state index contributed by atoms with van der Waals surface area (Å²) >= 11 is 0. The van der Waals surface area contributed by atoms with E-state index in [1.165, 1.54) is 21.3 Å². The maximum atomic E-state index is 11.9. The maximum Gasteiger partial charge on any atom is 0.325 e. The molecule has 11 heteroatoms. The first-order chi connectivity index (χ1) is 16.0. The van der Waals surface area contributed by atoms with Crippen molar-refractivity contribution in [3.63, 3.8) is 0 Å². The normalized spacial score (nSPS) is 10.3. The Hall–Kier alpha value is -4.28. The first-order valence-corrected chi connectivity index (χ1v) is 9.88. The first-order valence-electron chi connectivity index (χ1n) is 9.88. The van der Waals surface area contributed by atoms with Gasteiger partial charge in [0.25, 0.3) is 5.89 Å². The number of urea groups is 1. The highest BCUT2D eigenvalue weighted by atomic mass is 16.5. The van der Waals surface area contributed by atoms with Crippen LogP contribution in [0.25, 0.3) is 11.5 Å². The van der Waals surface area contributed by atoms with Crippen LogP contribution in [0, 0.1) is 0 Å². The highest BCUT2D eigenvalue weighted by Crippen LogP contribution is 2.40. The van der Waals surface area contributed by atoms with E-state index >= 15 is 0 Å². The summed E-state index contributed by atoms with van der Waals surface area (Å²) in [5.74, 6) is 0.888. The van der Waals surface area contributed by atoms with Gasteiger partial charge in [-0.15, -0.1) is 10.2 Å². The fraction of sp³-hybridized carbons (Fsp3) is 0.273. The average molecular weight is 456 g/mol. The number of nitrogens with zero attached hydrogens (tertiary/aromatic N) is 2. The number of carbonyl (C=O) groups excluding carboxylic acids is 2. The van der Waals surface area contributed by atoms with Crippen LogP contribution in [0.15, 0.2) is 46.9 Å². The van der Waals surface area contributed by atoms with Crippen molar-refractivity contribution in [2.45, 2.75) is 13.2 Å². The van der Waals surface area contributed by atoms with E-state index < -0.39 is 12.0 Å². The summed E-state index contributed by atoms with van der Waals surface area (Å²) in [4.78, 5) is 23.7. The minimum absolute atomic E-state index is 0.0839. The molecule has 0 saturated heterocycles. The van der Waals surface area contributed by atoms with E-state index in [9.17, 15) is 9.59 Å². The molecular weight excluding hydrogens is 432 g/mol. The molecule has 0 aliphatic heterocycles. The third kappa shape index (κ3) is 6.35. The molecule has 2 N–H and O–H groups in total. The van der Waals surface area contributed by atoms with E-state index in [1.807, 2.05) is 30.3 Å². The van der Waals surface area contributed by atoms with Crippen molar-refractivity contribution in [1.82, 2.24) is 20.8 Å². The third-order valence-corrected chi connectivity index (χ3v) is 4.42. The molecule has 0 bridgehead atoms. The van der Waals surface area contributed by atoms with Crippen molar-refractivity contribution in [2.75, 3.05) is 27.9 Å². The summed E-state index contributed by atoms with van der Waals surface area (Å²) in [7, 11) is 4.49. The van der Waals surface area contributed by atoms with E-state index in [0.29, 0.717) is 29.4 Å². The maximum absolute atomic E-state index is 11.9. The van der Waals surface area contributed by atoms with Gasteiger partial charge in [-0.1, -0.05) is 30.3 Å². The summed E-state index contributed by atoms with van der Waals surface area (Å²) in [5.41, 5.74) is 1.47. The number of hydrogen-bond donors (Lipinski definition) is 2. The van der Waals surface area contributed by atoms with E-state index in [4.69, 9.17) is 23.4 Å². The molecule has 3 aromatic rings. The van der Waals surface area contributed by atoms with Crippen molar-refractivity contribution >= 4 is 12.0 Å². The van der Waals surface area contributed by atoms with Gasteiger partial charge in [0.2, 0.25) is 11.6 Å². The molecule has 2 amide bonds. The SMILES string of the molecule is COc1cc(-c2nnc(COC(=O)CNC(=O)NCc3ccccc3)o2)cc(OC)c1OC. The Kier molecular flexibility index (Phi) is 8.06. The average Bonchev–Trinajstić information content (AvgIpc) is 3.33. The van der Waals surface area contributed by atoms with E-state index in [1.54, 1.807) is 12.1 Å². The van der Waals surface area contributed by atoms with E-state index in [2.05, 4.69) is 20.8 Å². The van der Waals surface area contributed by atoms with Crippen LogP contribution in [0.5, 0.6) is 17.2 Å². The number of hydrogen-bond acceptors (Lipinski definition) is 9. The Balaban J connectivity index is 1.49. The molecule has 11 nitrogen and oxygen atoms in total. The molecule has 0 spiro atoms. The number of amides is 2. The van der Waals surface area contributed by atoms with Gasteiger partial charge in [0.1, 0.15) is 6.54 Å². The van der Waals surface area contributed by atoms with Gasteiger partial charge in [-0.25, -0.2) is 4.79 Å². The number of aromatic nitrogens is 2. The molecule has 0 saturated carbocycles. The molecule has 0 atom stereocenters. The van der Waals surface area contributed by atoms with Gasteiger partial charge in [0.05, 0.1) is 21.3 Å². The van der Waals surface area contributed by atoms with Crippen LogP contribution in [0.2, 0.25) is 0 Å². The summed E-state index contributed by atoms with van der Waals surface area (Å²) in [5, 5.41) is 12.9. The molecule has 0 aliphatic rings. The largest absolute Gasteiger partial charge is 0.493 e. The molecule has 3 rings (SSSR count). The molecular formula is C22H24N4O7. The Bertz CT molecular complexity index is 1060. The number of benzene rings is 2. The Labute approximate surface area is 190 Å². The zero-order chi connectivity index (χ0) is 23.6. The number of carbonyl (C=O) groups is 2. The standard InChI is InChI=1S/C22H24N4O7/c1-29-16-9-15(10-17(30-2)20(16)31-3)21-26-25-18(33-21)13-32-19(27)12-24-22(28)23-11-14-7-5-4-6-8-14/h4-10H,11-13H2,1-3H3,(H2,23,24,28). The molecule has 2 aromatic carbocycles. The zero-order valence-corrected chi connectivity index (χ0v) is 18.4. The molecule has 1 heterocycles. The first kappa shape index (κ1) is 23.4. The lowest BCUT2D eigenvalue weighted by Crippen LogP contribution is -2.38. The topological polar surface area (TPSA) is 134 Å². The summed E-state index contributed by atoms with van der Waals surface area (Å²) in [6.45, 7) is -0.217. The van der Waals surface area contributed by atoms with Crippen LogP contribution < -0.4 is 24.8 Å². The van der Waals surface area contributed by atoms with Gasteiger partial charge in [-0.05, 0) is 17.7 Å². The van der Waals surface area contributed by atoms with Gasteiger partial charge in [-0.3, -0.25) is 4.79 Å². The van der Waals surface area contributed by atoms with Crippen LogP contribution in [-0.4, -0.2) is 50.1 Å². The lowest BCUT2D eigenvalue weighted by Gasteiger charge is -2.12. The number of esters is 1. The van der Waals surface area contributed by atoms with Gasteiger partial charge >= 0.3 is 12.0 Å². The minimum Gasteiger partial charge on any atom is -0.493 e. The van der Waals surface area contributed by atoms with Crippen LogP contribution in [-0.2, 0) is 22.7 Å². The lowest BCUT2D eigenvalue weighted by atomic mass is 10.2. The van der Waals surface area contributed by atoms with Crippen molar-refractivity contribution in [3.8, 4) is 28.7 Å². The highest BCUT2D eigenvalue weighted by Gasteiger charge is 2.18. The fourth-order valence-electron chi connectivity index (χ4n) is 2.82. The molecule has 0 fully saturated rings. The smallest absolute Gasteiger partial charge is 0.325 e. The fourth-order valence-corrected chi connectivity index (χ4v) is 2.82. The molecule has 174 valence electrons. The van der Waals surface area contributed by atoms with Crippen LogP contribution in [0.4, 0.5) is 4.79 Å². The molecule has 1 aromatic heterocycles. The number of ether oxygens (including phenoxy) is 4. The Morgan fingerprint density at radius 2 is 1.64 bits per heavy atom. The van der Waals surface area contributed by atoms with Gasteiger partial charge in [0.15, 0.2) is 18.1 Å². The second-order valence-corrected chi connectivity index (χ2v) is 6.60. The summed E-state index contributed by atoms with van der Waals surface area (Å²) in [6.07, 6.45) is 0. The molecule has 33 heavy (non-hydrogen) atoms. The second kappa shape index (κ2) is 11.4. The van der Waals surface area contributed by atoms with Gasteiger partial charge in [-0.2, -0.15) is 0 Å². The zero-order valence-electron chi connectivity index (χ0n) is 18.4. The van der Waals surface area contributed by atoms with E-state index in [-0.39, 0.29) is 24.9 Å². The molecule has 0 aliphatic carbocycles. The number of methoxy groups -OCH3 is 3. The quantitative estimate of drug-likeness (QED) is 0.441. The predicted octanol–water partition coefficient (Wildman–Crippen LogP) is 2.30. The Morgan fingerprint density at radius 3 is 2.27 bits per heavy atom. The second-order valence-electron chi connectivity index (χ2n) is 6.60. The van der Waals surface area contributed by atoms with E-state index in [0.717, 1.165) is 5.56 Å². The van der Waals surface area contributed by atoms with Crippen molar-refractivity contribution in [3.05, 3.63) is 53.9 Å². The summed E-state index contributed by atoms with van der Waals surface area (Å²) in [6, 6.07) is 12.2. The number of rotatable bonds is 10. The third-order valence-electron chi connectivity index (χ3n) is 4.42. The Morgan fingerprint density at radius 1 is 0.939 bits per heavy atom. The van der Waals surface area contributed by atoms with Crippen LogP contribution in [0.1, 0.15) is 11.5 Å². The van der Waals surface area contributed by atoms with Crippen molar-refractivity contribution in [2.24, 2.45) is 0 Å². The van der Waals surface area contributed by atoms with Gasteiger partial charge in [0, 0.05) is 12.1 Å². The monoisotopic (exact) mass is 456 g/mol. The van der Waals surface area contributed by atoms with Crippen molar-refractivity contribution < 1.29 is 33.0 Å². The van der Waals surface area contributed by atoms with Crippen molar-refractivity contribution in [1.29, 1.82) is 0 Å². The molecule has 0 radical (unpaired) electrons. The molecule has 0 unspecified atom stereocenters. The minimum atomic E-state index is -0.655. The highest BCUT2D eigenvalue weighted by molar-refractivity contribution is 5.80. The van der Waals surface area contributed by atoms with Gasteiger partial charge < -0.3 is 34.0 Å². The predicted molar refractivity (Wildman–Crippen MR) is 116 cm³/mol. The lowest BCUT2D eigenvalue weighted by molar-refractivity contribution is -0.144. The van der Waals surface area contributed by atoms with Crippen LogP contribution >= 0.6 is 0 Å². The summed E-state index contributed by atoms with van der Waals surface area (Å²) < 4.78 is 26.5. The number of nitrogens with one attached hydrogen (secondary N) is 2. The van der Waals surface area contributed by atoms with Crippen LogP contribution in [0.3, 0.4) is 0 Å².